The van der Waals surface area contributed by atoms with Gasteiger partial charge in [0, 0.05) is 19.3 Å². The maximum Gasteiger partial charge on any atom is 0.472 e. The molecule has 0 aliphatic carbocycles. The lowest BCUT2D eigenvalue weighted by molar-refractivity contribution is -0.161. The first kappa shape index (κ1) is 74.7. The van der Waals surface area contributed by atoms with Crippen molar-refractivity contribution >= 4 is 25.7 Å². The van der Waals surface area contributed by atoms with Gasteiger partial charge in [-0.2, -0.15) is 0 Å². The number of hydrogen-bond donors (Lipinski definition) is 2. The van der Waals surface area contributed by atoms with Crippen LogP contribution in [0.4, 0.5) is 0 Å². The fraction of sp³-hybridized carbons (Fsp3) is 0.742. The zero-order valence-corrected chi connectivity index (χ0v) is 50.8. The number of esters is 3. The van der Waals surface area contributed by atoms with Gasteiger partial charge in [0.2, 0.25) is 0 Å². The van der Waals surface area contributed by atoms with Gasteiger partial charge in [0.25, 0.3) is 0 Å². The van der Waals surface area contributed by atoms with Gasteiger partial charge in [-0.3, -0.25) is 23.4 Å². The summed E-state index contributed by atoms with van der Waals surface area (Å²) in [5, 5.41) is 9.85. The number of aliphatic hydroxyl groups excluding tert-OH is 1. The maximum atomic E-state index is 12.9. The number of aliphatic hydroxyl groups is 1. The van der Waals surface area contributed by atoms with Gasteiger partial charge >= 0.3 is 25.7 Å². The van der Waals surface area contributed by atoms with E-state index < -0.39 is 57.8 Å². The molecule has 0 bridgehead atoms. The Hall–Kier alpha value is -3.34. The molecule has 0 aliphatic heterocycles. The van der Waals surface area contributed by atoms with Crippen LogP contribution in [-0.2, 0) is 42.2 Å². The number of rotatable bonds is 58. The van der Waals surface area contributed by atoms with E-state index in [2.05, 4.69) is 106 Å². The summed E-state index contributed by atoms with van der Waals surface area (Å²) in [6.45, 7) is 4.49. The molecule has 3 atom stereocenters. The first-order valence-electron chi connectivity index (χ1n) is 31.5. The summed E-state index contributed by atoms with van der Waals surface area (Å²) >= 11 is 0. The van der Waals surface area contributed by atoms with E-state index in [1.165, 1.54) is 109 Å². The molecule has 0 spiro atoms. The summed E-state index contributed by atoms with van der Waals surface area (Å²) in [7, 11) is -4.77. The van der Waals surface area contributed by atoms with Gasteiger partial charge in [0.15, 0.2) is 6.10 Å². The average Bonchev–Trinajstić information content (AvgIpc) is 3.43. The highest BCUT2D eigenvalue weighted by atomic mass is 31.2. The third kappa shape index (κ3) is 57.3. The van der Waals surface area contributed by atoms with Crippen molar-refractivity contribution in [2.75, 3.05) is 26.4 Å². The SMILES string of the molecule is CC/C=C\C/C=C\C/C=C\C/C=C\C/C=C\CCCCCC(=O)OC(COC(=O)CCCCCCCCCCCCCCCCC)COP(=O)(O)OCC(CO)OC(=O)CCCCCCCCC/C=C\C/C=C\CCCCC. The normalized spacial score (nSPS) is 13.9. The maximum absolute atomic E-state index is 12.9. The molecular weight excluding hydrogens is 1000 g/mol. The number of carbonyl (C=O) groups excluding carboxylic acids is 3. The predicted octanol–water partition coefficient (Wildman–Crippen LogP) is 19.0. The second-order valence-electron chi connectivity index (χ2n) is 20.8. The van der Waals surface area contributed by atoms with Crippen molar-refractivity contribution in [2.24, 2.45) is 0 Å². The second-order valence-corrected chi connectivity index (χ2v) is 22.3. The van der Waals surface area contributed by atoms with Gasteiger partial charge in [-0.25, -0.2) is 4.57 Å². The summed E-state index contributed by atoms with van der Waals surface area (Å²) in [6.07, 6.45) is 69.6. The molecule has 0 aromatic heterocycles. The van der Waals surface area contributed by atoms with E-state index in [1.807, 2.05) is 0 Å². The largest absolute Gasteiger partial charge is 0.472 e. The lowest BCUT2D eigenvalue weighted by Gasteiger charge is -2.21. The summed E-state index contributed by atoms with van der Waals surface area (Å²) in [5.41, 5.74) is 0. The molecule has 0 radical (unpaired) electrons. The van der Waals surface area contributed by atoms with Crippen molar-refractivity contribution in [1.82, 2.24) is 0 Å². The average molecular weight is 1120 g/mol. The minimum Gasteiger partial charge on any atom is -0.462 e. The Bertz CT molecular complexity index is 1630. The van der Waals surface area contributed by atoms with Crippen molar-refractivity contribution in [3.63, 3.8) is 0 Å². The molecule has 0 fully saturated rings. The third-order valence-electron chi connectivity index (χ3n) is 13.3. The number of phosphoric acid groups is 1. The predicted molar refractivity (Wildman–Crippen MR) is 325 cm³/mol. The minimum absolute atomic E-state index is 0.127. The van der Waals surface area contributed by atoms with E-state index in [1.54, 1.807) is 0 Å². The van der Waals surface area contributed by atoms with Gasteiger partial charge in [-0.1, -0.05) is 247 Å². The molecule has 0 aromatic rings. The first-order chi connectivity index (χ1) is 38.2. The number of ether oxygens (including phenoxy) is 3. The Morgan fingerprint density at radius 1 is 0.372 bits per heavy atom. The highest BCUT2D eigenvalue weighted by Gasteiger charge is 2.28. The van der Waals surface area contributed by atoms with Crippen LogP contribution in [0.2, 0.25) is 0 Å². The van der Waals surface area contributed by atoms with Crippen molar-refractivity contribution in [2.45, 2.75) is 290 Å². The van der Waals surface area contributed by atoms with Crippen LogP contribution < -0.4 is 0 Å². The smallest absolute Gasteiger partial charge is 0.462 e. The van der Waals surface area contributed by atoms with Gasteiger partial charge in [-0.05, 0) is 96.3 Å². The Balaban J connectivity index is 4.75. The number of hydrogen-bond acceptors (Lipinski definition) is 10. The van der Waals surface area contributed by atoms with Gasteiger partial charge in [0.1, 0.15) is 12.7 Å². The van der Waals surface area contributed by atoms with E-state index in [4.69, 9.17) is 23.3 Å². The monoisotopic (exact) mass is 1110 g/mol. The van der Waals surface area contributed by atoms with Crippen molar-refractivity contribution in [3.8, 4) is 0 Å². The summed E-state index contributed by atoms with van der Waals surface area (Å²) in [4.78, 5) is 48.7. The topological polar surface area (TPSA) is 155 Å². The molecule has 0 aliphatic rings. The minimum atomic E-state index is -4.77. The van der Waals surface area contributed by atoms with Gasteiger partial charge in [0.05, 0.1) is 19.8 Å². The van der Waals surface area contributed by atoms with Crippen LogP contribution in [0, 0.1) is 0 Å². The van der Waals surface area contributed by atoms with Gasteiger partial charge in [-0.15, -0.1) is 0 Å². The molecule has 2 N–H and O–H groups in total. The molecule has 0 aromatic carbocycles. The highest BCUT2D eigenvalue weighted by molar-refractivity contribution is 7.47. The molecular formula is C66H115O11P. The Labute approximate surface area is 477 Å². The number of allylic oxidation sites excluding steroid dienone is 14. The van der Waals surface area contributed by atoms with Crippen LogP contribution in [0.5, 0.6) is 0 Å². The molecule has 11 nitrogen and oxygen atoms in total. The molecule has 0 saturated heterocycles. The van der Waals surface area contributed by atoms with Crippen molar-refractivity contribution < 1.29 is 52.2 Å². The van der Waals surface area contributed by atoms with Crippen LogP contribution in [0.3, 0.4) is 0 Å². The first-order valence-corrected chi connectivity index (χ1v) is 33.0. The van der Waals surface area contributed by atoms with Gasteiger partial charge < -0.3 is 24.2 Å². The number of carbonyl (C=O) groups is 3. The third-order valence-corrected chi connectivity index (χ3v) is 14.3. The molecule has 0 rings (SSSR count). The van der Waals surface area contributed by atoms with Crippen LogP contribution in [0.25, 0.3) is 0 Å². The van der Waals surface area contributed by atoms with E-state index in [0.29, 0.717) is 19.3 Å². The van der Waals surface area contributed by atoms with Crippen LogP contribution in [-0.4, -0.2) is 66.5 Å². The Kier molecular flexibility index (Phi) is 57.2. The molecule has 0 saturated carbocycles. The summed E-state index contributed by atoms with van der Waals surface area (Å²) in [6, 6.07) is 0. The van der Waals surface area contributed by atoms with E-state index >= 15 is 0 Å². The molecule has 3 unspecified atom stereocenters. The molecule has 450 valence electrons. The standard InChI is InChI=1S/C66H115O11P/c1-4-7-10-13-16-19-22-25-28-30-31-33-36-39-42-45-48-51-54-57-66(70)77-63(59-73-64(68)55-52-49-46-43-40-37-34-27-24-21-18-15-12-9-6-3)61-75-78(71,72)74-60-62(58-67)76-65(69)56-53-50-47-44-41-38-35-32-29-26-23-20-17-14-11-8-5-2/h7,10,16-17,19-20,25-26,28-29,31,33,39,42,62-63,67H,4-6,8-9,11-15,18,21-24,27,30,32,34-38,40-41,43-61H2,1-3H3,(H,71,72)/b10-7-,19-16-,20-17-,28-25-,29-26-,33-31-,42-39-. The van der Waals surface area contributed by atoms with Crippen LogP contribution >= 0.6 is 7.82 Å². The zero-order chi connectivity index (χ0) is 56.9. The molecule has 12 heteroatoms. The lowest BCUT2D eigenvalue weighted by Crippen LogP contribution is -2.30. The van der Waals surface area contributed by atoms with E-state index in [-0.39, 0.29) is 25.9 Å². The molecule has 78 heavy (non-hydrogen) atoms. The van der Waals surface area contributed by atoms with Crippen LogP contribution in [0.15, 0.2) is 85.1 Å². The summed E-state index contributed by atoms with van der Waals surface area (Å²) in [5.74, 6) is -1.50. The molecule has 0 heterocycles. The van der Waals surface area contributed by atoms with E-state index in [0.717, 1.165) is 109 Å². The molecule has 0 amide bonds. The second kappa shape index (κ2) is 59.8. The quantitative estimate of drug-likeness (QED) is 0.0197. The number of unbranched alkanes of at least 4 members (excludes halogenated alkanes) is 27. The Morgan fingerprint density at radius 2 is 0.667 bits per heavy atom. The van der Waals surface area contributed by atoms with Crippen LogP contribution in [0.1, 0.15) is 278 Å². The van der Waals surface area contributed by atoms with Crippen molar-refractivity contribution in [1.29, 1.82) is 0 Å². The highest BCUT2D eigenvalue weighted by Crippen LogP contribution is 2.43. The van der Waals surface area contributed by atoms with E-state index in [9.17, 15) is 28.9 Å². The lowest BCUT2D eigenvalue weighted by atomic mass is 10.0. The Morgan fingerprint density at radius 3 is 1.06 bits per heavy atom. The fourth-order valence-corrected chi connectivity index (χ4v) is 9.32. The number of phosphoric ester groups is 1. The van der Waals surface area contributed by atoms with Crippen molar-refractivity contribution in [3.05, 3.63) is 85.1 Å². The summed E-state index contributed by atoms with van der Waals surface area (Å²) < 4.78 is 39.6. The zero-order valence-electron chi connectivity index (χ0n) is 49.9. The fourth-order valence-electron chi connectivity index (χ4n) is 8.53.